The van der Waals surface area contributed by atoms with E-state index < -0.39 is 52.9 Å². The largest absolute Gasteiger partial charge is 0.481 e. The lowest BCUT2D eigenvalue weighted by atomic mass is 9.58. The Bertz CT molecular complexity index is 1500. The van der Waals surface area contributed by atoms with Crippen LogP contribution < -0.4 is 0 Å². The van der Waals surface area contributed by atoms with E-state index in [1.807, 2.05) is 12.3 Å². The van der Waals surface area contributed by atoms with Crippen LogP contribution in [0, 0.1) is 41.9 Å². The van der Waals surface area contributed by atoms with E-state index >= 15 is 9.18 Å². The summed E-state index contributed by atoms with van der Waals surface area (Å²) in [7, 11) is -3.19. The second-order valence-electron chi connectivity index (χ2n) is 20.8. The molecule has 1 heterocycles. The number of halogens is 1. The molecule has 58 heavy (non-hydrogen) atoms. The van der Waals surface area contributed by atoms with Crippen LogP contribution in [-0.4, -0.2) is 69.4 Å². The van der Waals surface area contributed by atoms with Gasteiger partial charge in [0.1, 0.15) is 11.6 Å². The summed E-state index contributed by atoms with van der Waals surface area (Å²) < 4.78 is 35.9. The molecule has 0 amide bonds. The number of allylic oxidation sites excluding steroid dienone is 1. The Morgan fingerprint density at radius 3 is 1.91 bits per heavy atom. The number of aliphatic carboxylic acids is 1. The Labute approximate surface area is 364 Å². The van der Waals surface area contributed by atoms with Crippen molar-refractivity contribution in [3.8, 4) is 0 Å². The fourth-order valence-electron chi connectivity index (χ4n) is 7.13. The van der Waals surface area contributed by atoms with Gasteiger partial charge in [-0.15, -0.1) is 11.3 Å². The van der Waals surface area contributed by atoms with Crippen molar-refractivity contribution < 1.29 is 32.4 Å². The molecule has 0 aromatic carbocycles. The number of Topliss-reactive ketones (excluding diaryl/α,β-unsaturated/α-hetero) is 1. The summed E-state index contributed by atoms with van der Waals surface area (Å²) in [6, 6.07) is 0. The van der Waals surface area contributed by atoms with Gasteiger partial charge in [0.2, 0.25) is 0 Å². The summed E-state index contributed by atoms with van der Waals surface area (Å²) >= 11 is 1.51. The van der Waals surface area contributed by atoms with Gasteiger partial charge in [0.05, 0.1) is 40.8 Å². The average Bonchev–Trinajstić information content (AvgIpc) is 3.51. The summed E-state index contributed by atoms with van der Waals surface area (Å²) in [5.74, 6) is 0.0939. The highest BCUT2D eigenvalue weighted by molar-refractivity contribution is 7.09. The molecule has 0 radical (unpaired) electrons. The van der Waals surface area contributed by atoms with Gasteiger partial charge in [0, 0.05) is 11.3 Å². The monoisotopic (exact) mass is 882 g/mol. The maximum Gasteiger partial charge on any atom is 0.305 e. The number of aryl methyl sites for hydroxylation is 1. The lowest BCUT2D eigenvalue weighted by Gasteiger charge is -2.49. The number of carbonyl (C=O) groups is 2. The molecule has 1 aliphatic carbocycles. The summed E-state index contributed by atoms with van der Waals surface area (Å²) in [6.07, 6.45) is 8.13. The molecule has 5 atom stereocenters. The fourth-order valence-corrected chi connectivity index (χ4v) is 11.9. The van der Waals surface area contributed by atoms with Crippen molar-refractivity contribution in [2.45, 2.75) is 202 Å². The Morgan fingerprint density at radius 1 is 0.931 bits per heavy atom. The zero-order valence-corrected chi connectivity index (χ0v) is 44.6. The Hall–Kier alpha value is -1.29. The molecule has 0 saturated heterocycles. The van der Waals surface area contributed by atoms with Gasteiger partial charge in [-0.1, -0.05) is 115 Å². The van der Waals surface area contributed by atoms with Crippen LogP contribution in [0.4, 0.5) is 4.39 Å². The molecule has 1 fully saturated rings. The van der Waals surface area contributed by atoms with Crippen LogP contribution in [-0.2, 0) is 22.9 Å². The van der Waals surface area contributed by atoms with Gasteiger partial charge < -0.3 is 18.4 Å². The quantitative estimate of drug-likeness (QED) is 0.0662. The third-order valence-electron chi connectivity index (χ3n) is 14.2. The molecule has 1 saturated carbocycles. The molecule has 0 bridgehead atoms. The summed E-state index contributed by atoms with van der Waals surface area (Å²) in [4.78, 5) is 31.8. The molecule has 0 unspecified atom stereocenters. The third-order valence-corrected chi connectivity index (χ3v) is 21.4. The zero-order valence-electron chi connectivity index (χ0n) is 39.6. The van der Waals surface area contributed by atoms with Gasteiger partial charge in [-0.3, -0.25) is 9.59 Å². The van der Waals surface area contributed by atoms with Crippen LogP contribution in [0.3, 0.4) is 0 Å². The SMILES string of the molecule is CC[C@@H](C(=O)C1([C@H](CC(=O)O)O[SiH2]C(C)(C)C(C)C)CCC1)[C@@H](O[SiH2]C(C)(C)C(C)C)[C@@H](C)CCC/C(C)=C/C[C@H](O[SiH2]C(C)(C)C(C)C)/C(F)=C/c1csc(C)n1. The lowest BCUT2D eigenvalue weighted by molar-refractivity contribution is -0.156. The minimum Gasteiger partial charge on any atom is -0.481 e. The molecule has 7 nitrogen and oxygen atoms in total. The van der Waals surface area contributed by atoms with Crippen LogP contribution in [0.5, 0.6) is 0 Å². The van der Waals surface area contributed by atoms with Gasteiger partial charge in [0.15, 0.2) is 29.3 Å². The number of ketones is 1. The van der Waals surface area contributed by atoms with Crippen LogP contribution in [0.25, 0.3) is 6.08 Å². The first-order chi connectivity index (χ1) is 26.8. The Kier molecular flexibility index (Phi) is 21.2. The molecule has 0 aliphatic heterocycles. The summed E-state index contributed by atoms with van der Waals surface area (Å²) in [5, 5.41) is 12.9. The third kappa shape index (κ3) is 15.6. The number of carboxylic acid groups (broad SMARTS) is 1. The van der Waals surface area contributed by atoms with E-state index in [1.165, 1.54) is 23.0 Å². The molecule has 12 heteroatoms. The van der Waals surface area contributed by atoms with E-state index in [9.17, 15) is 9.90 Å². The van der Waals surface area contributed by atoms with E-state index in [-0.39, 0.29) is 51.1 Å². The van der Waals surface area contributed by atoms with E-state index in [2.05, 4.69) is 115 Å². The van der Waals surface area contributed by atoms with Gasteiger partial charge in [0.25, 0.3) is 0 Å². The van der Waals surface area contributed by atoms with E-state index in [0.717, 1.165) is 30.7 Å². The summed E-state index contributed by atoms with van der Waals surface area (Å²) in [5.41, 5.74) is 1.07. The first kappa shape index (κ1) is 52.8. The number of hydrogen-bond donors (Lipinski definition) is 1. The number of thiazole rings is 1. The number of rotatable bonds is 28. The standard InChI is InChI=1S/C46H84FNO6SSi3/c1-17-36(42(51)46(24-19-25-46)39(27-40(49)50)53-57-44(13,14)30(4)5)41(54-58-45(15,16)31(6)7)33(9)21-18-20-32(8)22-23-38(52-56-43(11,12)29(2)3)37(47)26-35-28-55-34(10)48-35/h22,26,28-31,33,36,38-39,41H,17-21,23-25,27,56-58H2,1-16H3,(H,49,50)/b32-22+,37-26-/t33-,36+,38-,39-,41-/m0/s1. The number of carboxylic acids is 1. The smallest absolute Gasteiger partial charge is 0.305 e. The minimum atomic E-state index is -1.13. The normalized spacial score (nSPS) is 19.0. The Morgan fingerprint density at radius 2 is 1.47 bits per heavy atom. The molecule has 1 N–H and O–H groups in total. The number of nitrogens with zero attached hydrogens (tertiary/aromatic N) is 1. The van der Waals surface area contributed by atoms with Gasteiger partial charge in [-0.2, -0.15) is 0 Å². The zero-order chi connectivity index (χ0) is 44.2. The number of hydrogen-bond acceptors (Lipinski definition) is 7. The lowest BCUT2D eigenvalue weighted by Crippen LogP contribution is -2.55. The summed E-state index contributed by atoms with van der Waals surface area (Å²) in [6.45, 7) is 35.1. The predicted octanol–water partition coefficient (Wildman–Crippen LogP) is 11.1. The molecular formula is C46H84FNO6SSi3. The van der Waals surface area contributed by atoms with Crippen LogP contribution in [0.15, 0.2) is 22.9 Å². The molecule has 2 rings (SSSR count). The number of aromatic nitrogens is 1. The minimum absolute atomic E-state index is 0.0123. The molecular weight excluding hydrogens is 798 g/mol. The van der Waals surface area contributed by atoms with E-state index in [0.29, 0.717) is 49.1 Å². The van der Waals surface area contributed by atoms with Gasteiger partial charge in [-0.05, 0) is 104 Å². The predicted molar refractivity (Wildman–Crippen MR) is 252 cm³/mol. The maximum atomic E-state index is 15.8. The highest BCUT2D eigenvalue weighted by Crippen LogP contribution is 2.51. The molecule has 1 aliphatic rings. The van der Waals surface area contributed by atoms with Crippen LogP contribution in [0.1, 0.15) is 172 Å². The fraction of sp³-hybridized carbons (Fsp3) is 0.804. The van der Waals surface area contributed by atoms with Crippen molar-refractivity contribution in [1.29, 1.82) is 0 Å². The van der Waals surface area contributed by atoms with Crippen molar-refractivity contribution >= 4 is 58.5 Å². The Balaban J connectivity index is 2.32. The van der Waals surface area contributed by atoms with Crippen molar-refractivity contribution in [3.63, 3.8) is 0 Å². The van der Waals surface area contributed by atoms with Crippen LogP contribution >= 0.6 is 11.3 Å². The molecule has 334 valence electrons. The van der Waals surface area contributed by atoms with Crippen molar-refractivity contribution in [3.05, 3.63) is 33.6 Å². The van der Waals surface area contributed by atoms with E-state index in [1.54, 1.807) is 0 Å². The molecule has 1 aromatic rings. The number of carbonyl (C=O) groups excluding carboxylic acids is 1. The second kappa shape index (κ2) is 23.2. The van der Waals surface area contributed by atoms with Crippen molar-refractivity contribution in [2.75, 3.05) is 0 Å². The highest BCUT2D eigenvalue weighted by atomic mass is 32.1. The molecule has 0 spiro atoms. The van der Waals surface area contributed by atoms with Crippen molar-refractivity contribution in [1.82, 2.24) is 4.98 Å². The van der Waals surface area contributed by atoms with Gasteiger partial charge >= 0.3 is 5.97 Å². The van der Waals surface area contributed by atoms with E-state index in [4.69, 9.17) is 13.3 Å². The average molecular weight is 883 g/mol. The first-order valence-electron chi connectivity index (χ1n) is 22.3. The van der Waals surface area contributed by atoms with Crippen molar-refractivity contribution in [2.24, 2.45) is 35.0 Å². The first-order valence-corrected chi connectivity index (χ1v) is 27.1. The second-order valence-corrected chi connectivity index (χ2v) is 29.2. The van der Waals surface area contributed by atoms with Gasteiger partial charge in [-0.25, -0.2) is 9.37 Å². The maximum absolute atomic E-state index is 15.8. The topological polar surface area (TPSA) is 95.0 Å². The highest BCUT2D eigenvalue weighted by Gasteiger charge is 2.54. The molecule has 1 aromatic heterocycles. The van der Waals surface area contributed by atoms with Crippen LogP contribution in [0.2, 0.25) is 15.1 Å².